The lowest BCUT2D eigenvalue weighted by atomic mass is 10.2. The molecule has 0 fully saturated rings. The minimum absolute atomic E-state index is 0.0549. The standard InChI is InChI=1S/C16H14IN3O/c1-2-18-16-19-14-9-8-11(17)10-13(14)15(21)20(16)12-6-4-3-5-7-12/h3-10H,2H2,1H3,(H,18,19). The van der Waals surface area contributed by atoms with Crippen molar-refractivity contribution in [2.45, 2.75) is 6.92 Å². The molecule has 2 aromatic carbocycles. The monoisotopic (exact) mass is 391 g/mol. The minimum atomic E-state index is -0.0549. The van der Waals surface area contributed by atoms with Gasteiger partial charge in [0.05, 0.1) is 16.6 Å². The van der Waals surface area contributed by atoms with Crippen molar-refractivity contribution in [3.8, 4) is 5.69 Å². The van der Waals surface area contributed by atoms with Gasteiger partial charge >= 0.3 is 0 Å². The Bertz CT molecular complexity index is 843. The number of para-hydroxylation sites is 1. The topological polar surface area (TPSA) is 46.9 Å². The highest BCUT2D eigenvalue weighted by Crippen LogP contribution is 2.18. The maximum atomic E-state index is 12.9. The normalized spacial score (nSPS) is 10.8. The van der Waals surface area contributed by atoms with Crippen LogP contribution in [0, 0.1) is 3.57 Å². The second kappa shape index (κ2) is 5.85. The first-order chi connectivity index (χ1) is 10.2. The van der Waals surface area contributed by atoms with E-state index in [0.29, 0.717) is 23.4 Å². The predicted molar refractivity (Wildman–Crippen MR) is 94.2 cm³/mol. The fourth-order valence-electron chi connectivity index (χ4n) is 2.25. The molecule has 0 aliphatic heterocycles. The summed E-state index contributed by atoms with van der Waals surface area (Å²) in [5.74, 6) is 0.572. The molecule has 0 aliphatic rings. The number of hydrogen-bond acceptors (Lipinski definition) is 3. The van der Waals surface area contributed by atoms with E-state index in [9.17, 15) is 4.79 Å². The van der Waals surface area contributed by atoms with Gasteiger partial charge < -0.3 is 5.32 Å². The van der Waals surface area contributed by atoms with Crippen molar-refractivity contribution in [3.63, 3.8) is 0 Å². The van der Waals surface area contributed by atoms with E-state index in [2.05, 4.69) is 32.9 Å². The molecule has 0 amide bonds. The second-order valence-corrected chi connectivity index (χ2v) is 5.85. The molecule has 0 unspecified atom stereocenters. The smallest absolute Gasteiger partial charge is 0.267 e. The highest BCUT2D eigenvalue weighted by atomic mass is 127. The zero-order chi connectivity index (χ0) is 14.8. The molecule has 0 saturated carbocycles. The molecule has 0 bridgehead atoms. The van der Waals surface area contributed by atoms with Gasteiger partial charge in [-0.25, -0.2) is 9.55 Å². The van der Waals surface area contributed by atoms with Crippen LogP contribution >= 0.6 is 22.6 Å². The summed E-state index contributed by atoms with van der Waals surface area (Å²) in [4.78, 5) is 17.4. The number of nitrogens with one attached hydrogen (secondary N) is 1. The minimum Gasteiger partial charge on any atom is -0.356 e. The van der Waals surface area contributed by atoms with Crippen molar-refractivity contribution in [2.75, 3.05) is 11.9 Å². The number of benzene rings is 2. The Hall–Kier alpha value is -1.89. The molecule has 0 radical (unpaired) electrons. The van der Waals surface area contributed by atoms with Crippen molar-refractivity contribution >= 4 is 39.4 Å². The summed E-state index contributed by atoms with van der Waals surface area (Å²) < 4.78 is 2.65. The van der Waals surface area contributed by atoms with E-state index in [1.165, 1.54) is 0 Å². The van der Waals surface area contributed by atoms with Crippen LogP contribution in [0.2, 0.25) is 0 Å². The van der Waals surface area contributed by atoms with Crippen molar-refractivity contribution in [1.29, 1.82) is 0 Å². The van der Waals surface area contributed by atoms with Crippen molar-refractivity contribution in [1.82, 2.24) is 9.55 Å². The van der Waals surface area contributed by atoms with Gasteiger partial charge in [0.1, 0.15) is 0 Å². The van der Waals surface area contributed by atoms with Gasteiger partial charge in [-0.05, 0) is 59.8 Å². The van der Waals surface area contributed by atoms with Gasteiger partial charge in [-0.3, -0.25) is 4.79 Å². The Labute approximate surface area is 136 Å². The summed E-state index contributed by atoms with van der Waals surface area (Å²) in [6.45, 7) is 2.69. The molecule has 4 nitrogen and oxygen atoms in total. The van der Waals surface area contributed by atoms with E-state index in [-0.39, 0.29) is 5.56 Å². The molecule has 1 N–H and O–H groups in total. The highest BCUT2D eigenvalue weighted by Gasteiger charge is 2.12. The second-order valence-electron chi connectivity index (χ2n) is 4.60. The molecule has 0 spiro atoms. The Morgan fingerprint density at radius 2 is 1.95 bits per heavy atom. The average Bonchev–Trinajstić information content (AvgIpc) is 2.50. The van der Waals surface area contributed by atoms with Gasteiger partial charge in [0.25, 0.3) is 5.56 Å². The fourth-order valence-corrected chi connectivity index (χ4v) is 2.74. The number of halogens is 1. The zero-order valence-corrected chi connectivity index (χ0v) is 13.7. The Balaban J connectivity index is 2.37. The van der Waals surface area contributed by atoms with E-state index in [4.69, 9.17) is 0 Å². The number of fused-ring (bicyclic) bond motifs is 1. The van der Waals surface area contributed by atoms with Crippen LogP contribution in [0.15, 0.2) is 53.3 Å². The largest absolute Gasteiger partial charge is 0.356 e. The Morgan fingerprint density at radius 3 is 2.67 bits per heavy atom. The van der Waals surface area contributed by atoms with Crippen LogP contribution in [-0.4, -0.2) is 16.1 Å². The van der Waals surface area contributed by atoms with Gasteiger partial charge in [-0.15, -0.1) is 0 Å². The van der Waals surface area contributed by atoms with Crippen LogP contribution in [-0.2, 0) is 0 Å². The summed E-state index contributed by atoms with van der Waals surface area (Å²) in [6.07, 6.45) is 0. The van der Waals surface area contributed by atoms with E-state index in [0.717, 1.165) is 9.26 Å². The molecule has 0 aliphatic carbocycles. The highest BCUT2D eigenvalue weighted by molar-refractivity contribution is 14.1. The molecule has 3 rings (SSSR count). The summed E-state index contributed by atoms with van der Waals surface area (Å²) >= 11 is 2.20. The number of rotatable bonds is 3. The quantitative estimate of drug-likeness (QED) is 0.697. The molecular formula is C16H14IN3O. The van der Waals surface area contributed by atoms with Gasteiger partial charge in [0, 0.05) is 10.1 Å². The average molecular weight is 391 g/mol. The molecule has 3 aromatic rings. The number of nitrogens with zero attached hydrogens (tertiary/aromatic N) is 2. The van der Waals surface area contributed by atoms with E-state index < -0.39 is 0 Å². The Morgan fingerprint density at radius 1 is 1.19 bits per heavy atom. The van der Waals surface area contributed by atoms with Crippen LogP contribution in [0.4, 0.5) is 5.95 Å². The summed E-state index contributed by atoms with van der Waals surface area (Å²) in [5.41, 5.74) is 1.47. The molecule has 106 valence electrons. The van der Waals surface area contributed by atoms with E-state index in [1.54, 1.807) is 4.57 Å². The number of hydrogen-bond donors (Lipinski definition) is 1. The van der Waals surface area contributed by atoms with Crippen LogP contribution in [0.25, 0.3) is 16.6 Å². The van der Waals surface area contributed by atoms with Crippen LogP contribution in [0.3, 0.4) is 0 Å². The number of anilines is 1. The SMILES string of the molecule is CCNc1nc2ccc(I)cc2c(=O)n1-c1ccccc1. The van der Waals surface area contributed by atoms with Crippen molar-refractivity contribution in [3.05, 3.63) is 62.5 Å². The third kappa shape index (κ3) is 2.65. The molecular weight excluding hydrogens is 377 g/mol. The molecule has 1 aromatic heterocycles. The first-order valence-corrected chi connectivity index (χ1v) is 7.80. The predicted octanol–water partition coefficient (Wildman–Crippen LogP) is 3.42. The van der Waals surface area contributed by atoms with Gasteiger partial charge in [0.2, 0.25) is 5.95 Å². The van der Waals surface area contributed by atoms with Crippen molar-refractivity contribution < 1.29 is 0 Å². The van der Waals surface area contributed by atoms with Crippen LogP contribution in [0.1, 0.15) is 6.92 Å². The molecule has 21 heavy (non-hydrogen) atoms. The van der Waals surface area contributed by atoms with Crippen LogP contribution < -0.4 is 10.9 Å². The third-order valence-electron chi connectivity index (χ3n) is 3.18. The lowest BCUT2D eigenvalue weighted by Crippen LogP contribution is -2.23. The summed E-state index contributed by atoms with van der Waals surface area (Å²) in [5, 5.41) is 3.80. The zero-order valence-electron chi connectivity index (χ0n) is 11.5. The summed E-state index contributed by atoms with van der Waals surface area (Å²) in [6, 6.07) is 15.3. The van der Waals surface area contributed by atoms with Crippen LogP contribution in [0.5, 0.6) is 0 Å². The third-order valence-corrected chi connectivity index (χ3v) is 3.85. The maximum Gasteiger partial charge on any atom is 0.267 e. The molecule has 0 saturated heterocycles. The summed E-state index contributed by atoms with van der Waals surface area (Å²) in [7, 11) is 0. The lowest BCUT2D eigenvalue weighted by Gasteiger charge is -2.14. The Kier molecular flexibility index (Phi) is 3.92. The first kappa shape index (κ1) is 14.1. The van der Waals surface area contributed by atoms with E-state index >= 15 is 0 Å². The van der Waals surface area contributed by atoms with Gasteiger partial charge in [-0.2, -0.15) is 0 Å². The fraction of sp³-hybridized carbons (Fsp3) is 0.125. The van der Waals surface area contributed by atoms with Crippen molar-refractivity contribution in [2.24, 2.45) is 0 Å². The maximum absolute atomic E-state index is 12.9. The number of aromatic nitrogens is 2. The van der Waals surface area contributed by atoms with E-state index in [1.807, 2.05) is 55.5 Å². The molecule has 0 atom stereocenters. The molecule has 5 heteroatoms. The molecule has 1 heterocycles. The lowest BCUT2D eigenvalue weighted by molar-refractivity contribution is 0.948. The first-order valence-electron chi connectivity index (χ1n) is 6.72. The van der Waals surface area contributed by atoms with Gasteiger partial charge in [-0.1, -0.05) is 18.2 Å². The van der Waals surface area contributed by atoms with Gasteiger partial charge in [0.15, 0.2) is 0 Å².